The molecule has 0 amide bonds. The van der Waals surface area contributed by atoms with Crippen LogP contribution in [0.3, 0.4) is 0 Å². The van der Waals surface area contributed by atoms with Gasteiger partial charge in [0, 0.05) is 5.56 Å². The molecule has 0 N–H and O–H groups in total. The topological polar surface area (TPSA) is 69.2 Å². The van der Waals surface area contributed by atoms with Gasteiger partial charge in [0.15, 0.2) is 15.0 Å². The lowest BCUT2D eigenvalue weighted by Gasteiger charge is -2.08. The first-order valence-electron chi connectivity index (χ1n) is 5.78. The Bertz CT molecular complexity index is 715. The van der Waals surface area contributed by atoms with Gasteiger partial charge in [0.2, 0.25) is 5.88 Å². The Labute approximate surface area is 122 Å². The standard InChI is InChI=1S/C13H13ClN2O3S/c1-9-3-5-11(6-4-9)20(17,18)8-10-7-12(14)15-16-13(10)19-2/h3-7H,8H2,1-2H3. The van der Waals surface area contributed by atoms with Crippen molar-refractivity contribution in [1.82, 2.24) is 10.2 Å². The van der Waals surface area contributed by atoms with Crippen molar-refractivity contribution in [2.24, 2.45) is 0 Å². The first-order valence-corrected chi connectivity index (χ1v) is 7.81. The van der Waals surface area contributed by atoms with E-state index in [-0.39, 0.29) is 21.7 Å². The van der Waals surface area contributed by atoms with Crippen LogP contribution in [-0.2, 0) is 15.6 Å². The van der Waals surface area contributed by atoms with Crippen molar-refractivity contribution in [2.75, 3.05) is 7.11 Å². The van der Waals surface area contributed by atoms with Crippen LogP contribution in [0.5, 0.6) is 5.88 Å². The van der Waals surface area contributed by atoms with Gasteiger partial charge in [-0.3, -0.25) is 0 Å². The van der Waals surface area contributed by atoms with Crippen LogP contribution in [0.4, 0.5) is 0 Å². The molecular weight excluding hydrogens is 300 g/mol. The summed E-state index contributed by atoms with van der Waals surface area (Å²) in [6.45, 7) is 1.89. The van der Waals surface area contributed by atoms with Gasteiger partial charge < -0.3 is 4.74 Å². The highest BCUT2D eigenvalue weighted by atomic mass is 35.5. The summed E-state index contributed by atoms with van der Waals surface area (Å²) in [5.74, 6) is -0.0841. The van der Waals surface area contributed by atoms with Gasteiger partial charge in [-0.15, -0.1) is 10.2 Å². The second-order valence-electron chi connectivity index (χ2n) is 4.27. The molecule has 106 valence electrons. The molecule has 0 saturated heterocycles. The number of rotatable bonds is 4. The molecule has 0 spiro atoms. The van der Waals surface area contributed by atoms with E-state index in [4.69, 9.17) is 16.3 Å². The van der Waals surface area contributed by atoms with E-state index in [9.17, 15) is 8.42 Å². The average Bonchev–Trinajstić information content (AvgIpc) is 2.39. The second kappa shape index (κ2) is 5.76. The van der Waals surface area contributed by atoms with Crippen molar-refractivity contribution in [3.05, 3.63) is 46.6 Å². The van der Waals surface area contributed by atoms with Gasteiger partial charge in [-0.05, 0) is 25.1 Å². The van der Waals surface area contributed by atoms with E-state index in [2.05, 4.69) is 10.2 Å². The molecule has 1 aromatic heterocycles. The van der Waals surface area contributed by atoms with Crippen molar-refractivity contribution in [2.45, 2.75) is 17.6 Å². The van der Waals surface area contributed by atoms with Crippen molar-refractivity contribution in [1.29, 1.82) is 0 Å². The molecule has 0 bridgehead atoms. The molecule has 1 heterocycles. The molecule has 2 aromatic rings. The summed E-state index contributed by atoms with van der Waals surface area (Å²) in [5.41, 5.74) is 1.38. The minimum atomic E-state index is -3.49. The van der Waals surface area contributed by atoms with E-state index in [1.807, 2.05) is 6.92 Å². The van der Waals surface area contributed by atoms with Crippen LogP contribution in [0.25, 0.3) is 0 Å². The van der Waals surface area contributed by atoms with Gasteiger partial charge in [-0.25, -0.2) is 8.42 Å². The van der Waals surface area contributed by atoms with Crippen LogP contribution in [0.1, 0.15) is 11.1 Å². The molecule has 0 aliphatic heterocycles. The number of sulfone groups is 1. The van der Waals surface area contributed by atoms with Crippen molar-refractivity contribution in [3.63, 3.8) is 0 Å². The van der Waals surface area contributed by atoms with Crippen LogP contribution >= 0.6 is 11.6 Å². The van der Waals surface area contributed by atoms with Crippen LogP contribution in [-0.4, -0.2) is 25.7 Å². The number of methoxy groups -OCH3 is 1. The molecule has 20 heavy (non-hydrogen) atoms. The monoisotopic (exact) mass is 312 g/mol. The second-order valence-corrected chi connectivity index (χ2v) is 6.65. The summed E-state index contributed by atoms with van der Waals surface area (Å²) in [6.07, 6.45) is 0. The van der Waals surface area contributed by atoms with E-state index in [0.717, 1.165) is 5.56 Å². The van der Waals surface area contributed by atoms with Gasteiger partial charge in [0.25, 0.3) is 0 Å². The third-order valence-corrected chi connectivity index (χ3v) is 4.59. The van der Waals surface area contributed by atoms with Gasteiger partial charge in [-0.2, -0.15) is 0 Å². The molecule has 1 aromatic carbocycles. The molecule has 0 unspecified atom stereocenters. The number of benzene rings is 1. The Hall–Kier alpha value is -1.66. The van der Waals surface area contributed by atoms with E-state index in [0.29, 0.717) is 5.56 Å². The number of halogens is 1. The number of ether oxygens (including phenoxy) is 1. The zero-order chi connectivity index (χ0) is 14.8. The fourth-order valence-electron chi connectivity index (χ4n) is 1.70. The predicted octanol–water partition coefficient (Wildman–Crippen LogP) is 2.42. The molecule has 0 aliphatic carbocycles. The summed E-state index contributed by atoms with van der Waals surface area (Å²) in [7, 11) is -2.08. The SMILES string of the molecule is COc1nnc(Cl)cc1CS(=O)(=O)c1ccc(C)cc1. The maximum atomic E-state index is 12.3. The summed E-state index contributed by atoms with van der Waals surface area (Å²) >= 11 is 5.75. The number of aromatic nitrogens is 2. The van der Waals surface area contributed by atoms with Crippen LogP contribution in [0.15, 0.2) is 35.2 Å². The summed E-state index contributed by atoms with van der Waals surface area (Å²) in [6, 6.07) is 8.10. The molecule has 0 fully saturated rings. The lowest BCUT2D eigenvalue weighted by Crippen LogP contribution is -2.07. The number of hydrogen-bond donors (Lipinski definition) is 0. The van der Waals surface area contributed by atoms with Crippen LogP contribution < -0.4 is 4.74 Å². The lowest BCUT2D eigenvalue weighted by atomic mass is 10.2. The molecule has 2 rings (SSSR count). The average molecular weight is 313 g/mol. The minimum Gasteiger partial charge on any atom is -0.480 e. The summed E-state index contributed by atoms with van der Waals surface area (Å²) in [4.78, 5) is 0.248. The van der Waals surface area contributed by atoms with Crippen molar-refractivity contribution >= 4 is 21.4 Å². The molecular formula is C13H13ClN2O3S. The third kappa shape index (κ3) is 3.26. The maximum Gasteiger partial charge on any atom is 0.237 e. The summed E-state index contributed by atoms with van der Waals surface area (Å²) < 4.78 is 29.7. The molecule has 0 aliphatic rings. The highest BCUT2D eigenvalue weighted by Gasteiger charge is 2.19. The third-order valence-electron chi connectivity index (χ3n) is 2.72. The predicted molar refractivity (Wildman–Crippen MR) is 75.7 cm³/mol. The first kappa shape index (κ1) is 14.7. The zero-order valence-corrected chi connectivity index (χ0v) is 12.6. The molecule has 5 nitrogen and oxygen atoms in total. The maximum absolute atomic E-state index is 12.3. The summed E-state index contributed by atoms with van der Waals surface area (Å²) in [5, 5.41) is 7.47. The quantitative estimate of drug-likeness (QED) is 0.867. The minimum absolute atomic E-state index is 0.125. The van der Waals surface area contributed by atoms with Gasteiger partial charge in [0.1, 0.15) is 0 Å². The molecule has 0 atom stereocenters. The van der Waals surface area contributed by atoms with Crippen LogP contribution in [0, 0.1) is 6.92 Å². The Balaban J connectivity index is 2.37. The highest BCUT2D eigenvalue weighted by molar-refractivity contribution is 7.90. The van der Waals surface area contributed by atoms with E-state index >= 15 is 0 Å². The van der Waals surface area contributed by atoms with Crippen molar-refractivity contribution in [3.8, 4) is 5.88 Å². The first-order chi connectivity index (χ1) is 9.42. The van der Waals surface area contributed by atoms with Crippen molar-refractivity contribution < 1.29 is 13.2 Å². The normalized spacial score (nSPS) is 11.3. The molecule has 7 heteroatoms. The smallest absolute Gasteiger partial charge is 0.237 e. The fourth-order valence-corrected chi connectivity index (χ4v) is 3.20. The number of nitrogens with zero attached hydrogens (tertiary/aromatic N) is 2. The molecule has 0 radical (unpaired) electrons. The largest absolute Gasteiger partial charge is 0.480 e. The van der Waals surface area contributed by atoms with Crippen LogP contribution in [0.2, 0.25) is 5.15 Å². The Kier molecular flexibility index (Phi) is 4.25. The Morgan fingerprint density at radius 2 is 1.85 bits per heavy atom. The Morgan fingerprint density at radius 1 is 1.20 bits per heavy atom. The van der Waals surface area contributed by atoms with E-state index in [1.54, 1.807) is 24.3 Å². The van der Waals surface area contributed by atoms with Gasteiger partial charge in [-0.1, -0.05) is 29.3 Å². The fraction of sp³-hybridized carbons (Fsp3) is 0.231. The van der Waals surface area contributed by atoms with Gasteiger partial charge in [0.05, 0.1) is 17.8 Å². The molecule has 0 saturated carbocycles. The highest BCUT2D eigenvalue weighted by Crippen LogP contribution is 2.23. The van der Waals surface area contributed by atoms with E-state index in [1.165, 1.54) is 13.2 Å². The van der Waals surface area contributed by atoms with Gasteiger partial charge >= 0.3 is 0 Å². The van der Waals surface area contributed by atoms with E-state index < -0.39 is 9.84 Å². The Morgan fingerprint density at radius 3 is 2.45 bits per heavy atom. The zero-order valence-electron chi connectivity index (χ0n) is 11.0. The number of aryl methyl sites for hydroxylation is 1. The number of hydrogen-bond acceptors (Lipinski definition) is 5. The lowest BCUT2D eigenvalue weighted by molar-refractivity contribution is 0.388.